The van der Waals surface area contributed by atoms with E-state index in [1.807, 2.05) is 13.0 Å². The number of carbonyl (C=O) groups excluding carboxylic acids is 2. The Labute approximate surface area is 169 Å². The molecule has 7 aliphatic rings. The third-order valence-corrected chi connectivity index (χ3v) is 10.7. The number of carbonyl (C=O) groups is 2. The van der Waals surface area contributed by atoms with Gasteiger partial charge in [-0.05, 0) is 75.2 Å². The zero-order chi connectivity index (χ0) is 19.9. The molecule has 2 saturated heterocycles. The Bertz CT molecular complexity index is 865. The molecule has 0 amide bonds. The van der Waals surface area contributed by atoms with Crippen LogP contribution in [0.1, 0.15) is 45.4 Å². The maximum Gasteiger partial charge on any atom is 0.315 e. The van der Waals surface area contributed by atoms with Gasteiger partial charge in [0.05, 0.1) is 17.9 Å². The Hall–Kier alpha value is -1.40. The number of hydrogen-bond donors (Lipinski definition) is 2. The summed E-state index contributed by atoms with van der Waals surface area (Å²) in [5.41, 5.74) is -0.385. The van der Waals surface area contributed by atoms with Gasteiger partial charge in [-0.2, -0.15) is 0 Å². The fourth-order valence-electron chi connectivity index (χ4n) is 9.99. The molecule has 6 heteroatoms. The highest BCUT2D eigenvalue weighted by Crippen LogP contribution is 2.77. The van der Waals surface area contributed by atoms with Gasteiger partial charge < -0.3 is 19.7 Å². The summed E-state index contributed by atoms with van der Waals surface area (Å²) in [4.78, 5) is 24.9. The number of rotatable bonds is 0. The number of fused-ring (bicyclic) bond motifs is 12. The van der Waals surface area contributed by atoms with Crippen LogP contribution in [0.5, 0.6) is 0 Å². The highest BCUT2D eigenvalue weighted by atomic mass is 16.6. The van der Waals surface area contributed by atoms with Gasteiger partial charge >= 0.3 is 11.9 Å². The zero-order valence-corrected chi connectivity index (χ0v) is 16.6. The SMILES string of the molecule is C/C=C1\OC(=O)C2C3CC(C12)C1(CCC2(CC4CC2C2C(=O)OC(O)C42)C1O)C3. The summed E-state index contributed by atoms with van der Waals surface area (Å²) >= 11 is 0. The van der Waals surface area contributed by atoms with Gasteiger partial charge in [-0.3, -0.25) is 9.59 Å². The lowest BCUT2D eigenvalue weighted by molar-refractivity contribution is -0.159. The minimum atomic E-state index is -0.963. The minimum Gasteiger partial charge on any atom is -0.435 e. The maximum absolute atomic E-state index is 12.5. The quantitative estimate of drug-likeness (QED) is 0.604. The van der Waals surface area contributed by atoms with Crippen molar-refractivity contribution < 1.29 is 29.3 Å². The summed E-state index contributed by atoms with van der Waals surface area (Å²) in [6.07, 6.45) is 6.19. The number of aliphatic hydroxyl groups excluding tert-OH is 2. The molecule has 2 N–H and O–H groups in total. The molecular weight excluding hydrogens is 372 g/mol. The number of hydrogen-bond acceptors (Lipinski definition) is 6. The lowest BCUT2D eigenvalue weighted by Gasteiger charge is -2.47. The topological polar surface area (TPSA) is 93.1 Å². The second-order valence-corrected chi connectivity index (χ2v) is 11.1. The molecule has 0 aromatic carbocycles. The number of ether oxygens (including phenoxy) is 2. The molecule has 2 spiro atoms. The first-order valence-electron chi connectivity index (χ1n) is 11.4. The van der Waals surface area contributed by atoms with Gasteiger partial charge in [0.2, 0.25) is 6.29 Å². The molecule has 29 heavy (non-hydrogen) atoms. The van der Waals surface area contributed by atoms with Crippen LogP contribution in [0, 0.1) is 58.2 Å². The van der Waals surface area contributed by atoms with E-state index in [0.717, 1.165) is 44.3 Å². The number of cyclic esters (lactones) is 2. The van der Waals surface area contributed by atoms with Crippen molar-refractivity contribution in [3.63, 3.8) is 0 Å². The van der Waals surface area contributed by atoms with Gasteiger partial charge in [0.15, 0.2) is 0 Å². The minimum absolute atomic E-state index is 0.0232. The van der Waals surface area contributed by atoms with E-state index in [4.69, 9.17) is 9.47 Å². The Morgan fingerprint density at radius 3 is 2.31 bits per heavy atom. The first-order chi connectivity index (χ1) is 13.9. The van der Waals surface area contributed by atoms with E-state index in [1.54, 1.807) is 0 Å². The van der Waals surface area contributed by atoms with E-state index < -0.39 is 12.4 Å². The molecule has 6 nitrogen and oxygen atoms in total. The van der Waals surface area contributed by atoms with Crippen LogP contribution in [0.2, 0.25) is 0 Å². The standard InChI is InChI=1S/C23H28O6/c1-2-13-16-11-5-9(14(16)18(24)28-13)7-22(11)3-4-23(21(22)27)8-10-6-12(23)17-15(10)19(25)29-20(17)26/h2,9-12,14-17,19,21,25,27H,3-8H2,1H3/b13-2-. The van der Waals surface area contributed by atoms with Crippen molar-refractivity contribution in [1.29, 1.82) is 0 Å². The van der Waals surface area contributed by atoms with Crippen molar-refractivity contribution in [2.24, 2.45) is 58.2 Å². The van der Waals surface area contributed by atoms with E-state index in [2.05, 4.69) is 0 Å². The predicted molar refractivity (Wildman–Crippen MR) is 98.4 cm³/mol. The third kappa shape index (κ3) is 1.69. The van der Waals surface area contributed by atoms with Crippen molar-refractivity contribution in [2.75, 3.05) is 0 Å². The Morgan fingerprint density at radius 1 is 0.931 bits per heavy atom. The normalized spacial score (nSPS) is 62.5. The van der Waals surface area contributed by atoms with Gasteiger partial charge in [0.1, 0.15) is 5.76 Å². The first kappa shape index (κ1) is 17.3. The highest BCUT2D eigenvalue weighted by molar-refractivity contribution is 5.79. The fourth-order valence-corrected chi connectivity index (χ4v) is 9.99. The van der Waals surface area contributed by atoms with Crippen LogP contribution in [-0.2, 0) is 19.1 Å². The largest absolute Gasteiger partial charge is 0.435 e. The number of allylic oxidation sites excluding steroid dienone is 2. The van der Waals surface area contributed by atoms with Gasteiger partial charge in [0, 0.05) is 22.7 Å². The molecular formula is C23H28O6. The summed E-state index contributed by atoms with van der Waals surface area (Å²) in [5.74, 6) is 1.24. The van der Waals surface area contributed by atoms with Gasteiger partial charge in [-0.25, -0.2) is 0 Å². The molecule has 0 aromatic heterocycles. The molecule has 0 aromatic rings. The summed E-state index contributed by atoms with van der Waals surface area (Å²) in [6.45, 7) is 1.93. The first-order valence-corrected chi connectivity index (χ1v) is 11.4. The van der Waals surface area contributed by atoms with Crippen molar-refractivity contribution >= 4 is 11.9 Å². The Kier molecular flexibility index (Phi) is 3.03. The monoisotopic (exact) mass is 400 g/mol. The molecule has 156 valence electrons. The molecule has 7 fully saturated rings. The second-order valence-electron chi connectivity index (χ2n) is 11.1. The van der Waals surface area contributed by atoms with Crippen LogP contribution < -0.4 is 0 Å². The molecule has 2 heterocycles. The molecule has 7 rings (SSSR count). The lowest BCUT2D eigenvalue weighted by atomic mass is 9.57. The average Bonchev–Trinajstić information content (AvgIpc) is 3.50. The summed E-state index contributed by atoms with van der Waals surface area (Å²) < 4.78 is 10.8. The molecule has 12 unspecified atom stereocenters. The number of esters is 2. The van der Waals surface area contributed by atoms with Gasteiger partial charge in [-0.1, -0.05) is 0 Å². The molecule has 5 saturated carbocycles. The molecule has 0 radical (unpaired) electrons. The third-order valence-electron chi connectivity index (χ3n) is 10.7. The van der Waals surface area contributed by atoms with Crippen LogP contribution in [0.3, 0.4) is 0 Å². The Morgan fingerprint density at radius 2 is 1.59 bits per heavy atom. The van der Waals surface area contributed by atoms with E-state index in [1.165, 1.54) is 0 Å². The van der Waals surface area contributed by atoms with Crippen LogP contribution in [0.15, 0.2) is 11.8 Å². The molecule has 4 bridgehead atoms. The lowest BCUT2D eigenvalue weighted by Crippen LogP contribution is -2.51. The van der Waals surface area contributed by atoms with Crippen LogP contribution in [0.4, 0.5) is 0 Å². The summed E-state index contributed by atoms with van der Waals surface area (Å²) in [5, 5.41) is 22.1. The van der Waals surface area contributed by atoms with Crippen LogP contribution in [0.25, 0.3) is 0 Å². The second kappa shape index (κ2) is 5.08. The van der Waals surface area contributed by atoms with Crippen molar-refractivity contribution in [3.05, 3.63) is 11.8 Å². The summed E-state index contributed by atoms with van der Waals surface area (Å²) in [6, 6.07) is 0. The van der Waals surface area contributed by atoms with Crippen molar-refractivity contribution in [3.8, 4) is 0 Å². The molecule has 2 aliphatic heterocycles. The van der Waals surface area contributed by atoms with E-state index in [9.17, 15) is 19.8 Å². The van der Waals surface area contributed by atoms with Crippen molar-refractivity contribution in [2.45, 2.75) is 57.8 Å². The predicted octanol–water partition coefficient (Wildman–Crippen LogP) is 1.99. The van der Waals surface area contributed by atoms with Crippen LogP contribution in [-0.4, -0.2) is 34.5 Å². The molecule has 5 aliphatic carbocycles. The van der Waals surface area contributed by atoms with E-state index in [0.29, 0.717) is 11.8 Å². The van der Waals surface area contributed by atoms with Gasteiger partial charge in [0.25, 0.3) is 0 Å². The van der Waals surface area contributed by atoms with Crippen molar-refractivity contribution in [1.82, 2.24) is 0 Å². The Balaban J connectivity index is 1.25. The number of aliphatic hydroxyl groups is 2. The van der Waals surface area contributed by atoms with Crippen LogP contribution >= 0.6 is 0 Å². The van der Waals surface area contributed by atoms with E-state index in [-0.39, 0.29) is 58.3 Å². The smallest absolute Gasteiger partial charge is 0.315 e. The maximum atomic E-state index is 12.5. The highest BCUT2D eigenvalue weighted by Gasteiger charge is 2.77. The van der Waals surface area contributed by atoms with E-state index >= 15 is 0 Å². The molecule has 12 atom stereocenters. The zero-order valence-electron chi connectivity index (χ0n) is 16.6. The fraction of sp³-hybridized carbons (Fsp3) is 0.826. The summed E-state index contributed by atoms with van der Waals surface area (Å²) in [7, 11) is 0. The average molecular weight is 400 g/mol. The van der Waals surface area contributed by atoms with Gasteiger partial charge in [-0.15, -0.1) is 0 Å².